The highest BCUT2D eigenvalue weighted by atomic mass is 16.4. The number of phenols is 1. The molecule has 33 heavy (non-hydrogen) atoms. The van der Waals surface area contributed by atoms with Gasteiger partial charge in [0.2, 0.25) is 17.7 Å². The molecular weight excluding hydrogens is 434 g/mol. The molecule has 0 radical (unpaired) electrons. The summed E-state index contributed by atoms with van der Waals surface area (Å²) >= 11 is 0. The molecule has 12 heteroatoms. The topological polar surface area (TPSA) is 217 Å². The first kappa shape index (κ1) is 27.8. The van der Waals surface area contributed by atoms with Crippen LogP contribution in [0.1, 0.15) is 31.7 Å². The Balaban J connectivity index is 2.69. The summed E-state index contributed by atoms with van der Waals surface area (Å²) in [6, 6.07) is 2.75. The normalized spacial score (nSPS) is 14.4. The predicted octanol–water partition coefficient (Wildman–Crippen LogP) is -2.06. The smallest absolute Gasteiger partial charge is 0.328 e. The molecular formula is C21H33N5O7. The minimum Gasteiger partial charge on any atom is -0.508 e. The molecule has 0 fully saturated rings. The highest BCUT2D eigenvalue weighted by Crippen LogP contribution is 2.11. The second-order valence-electron chi connectivity index (χ2n) is 7.66. The van der Waals surface area contributed by atoms with Crippen molar-refractivity contribution in [1.82, 2.24) is 16.0 Å². The Morgan fingerprint density at radius 3 is 2.21 bits per heavy atom. The number of carboxylic acids is 1. The second kappa shape index (κ2) is 14.0. The summed E-state index contributed by atoms with van der Waals surface area (Å²) in [6.07, 6.45) is 0.265. The SMILES string of the molecule is CC(O)C(NC(=O)CNC(=O)C(CCCCN)NC(=O)C(N)Cc1ccc(O)cc1)C(=O)O. The van der Waals surface area contributed by atoms with Gasteiger partial charge in [0.1, 0.15) is 11.8 Å². The molecule has 1 aromatic rings. The van der Waals surface area contributed by atoms with Gasteiger partial charge in [-0.15, -0.1) is 0 Å². The van der Waals surface area contributed by atoms with E-state index in [0.717, 1.165) is 5.56 Å². The number of aliphatic carboxylic acids is 1. The van der Waals surface area contributed by atoms with E-state index in [-0.39, 0.29) is 18.6 Å². The quantitative estimate of drug-likeness (QED) is 0.141. The van der Waals surface area contributed by atoms with Gasteiger partial charge in [-0.3, -0.25) is 14.4 Å². The number of rotatable bonds is 14. The largest absolute Gasteiger partial charge is 0.508 e. The van der Waals surface area contributed by atoms with Crippen molar-refractivity contribution in [2.75, 3.05) is 13.1 Å². The van der Waals surface area contributed by atoms with E-state index in [1.54, 1.807) is 12.1 Å². The van der Waals surface area contributed by atoms with Crippen LogP contribution in [0.4, 0.5) is 0 Å². The fraction of sp³-hybridized carbons (Fsp3) is 0.524. The Morgan fingerprint density at radius 2 is 1.67 bits per heavy atom. The Hall–Kier alpha value is -3.22. The van der Waals surface area contributed by atoms with E-state index in [1.165, 1.54) is 19.1 Å². The minimum absolute atomic E-state index is 0.0839. The van der Waals surface area contributed by atoms with Crippen molar-refractivity contribution < 1.29 is 34.5 Å². The van der Waals surface area contributed by atoms with Crippen LogP contribution < -0.4 is 27.4 Å². The lowest BCUT2D eigenvalue weighted by molar-refractivity contribution is -0.144. The van der Waals surface area contributed by atoms with Crippen LogP contribution in [0.15, 0.2) is 24.3 Å². The zero-order chi connectivity index (χ0) is 25.0. The van der Waals surface area contributed by atoms with Crippen LogP contribution >= 0.6 is 0 Å². The molecule has 0 aliphatic rings. The standard InChI is InChI=1S/C21H33N5O7/c1-12(27)18(21(32)33)26-17(29)11-24-20(31)16(4-2-3-9-22)25-19(30)15(23)10-13-5-7-14(28)8-6-13/h5-8,12,15-16,18,27-28H,2-4,9-11,22-23H2,1H3,(H,24,31)(H,25,30)(H,26,29)(H,32,33). The highest BCUT2D eigenvalue weighted by molar-refractivity contribution is 5.92. The molecule has 0 spiro atoms. The second-order valence-corrected chi connectivity index (χ2v) is 7.66. The number of benzene rings is 1. The van der Waals surface area contributed by atoms with Gasteiger partial charge in [0.05, 0.1) is 18.7 Å². The van der Waals surface area contributed by atoms with E-state index in [2.05, 4.69) is 16.0 Å². The van der Waals surface area contributed by atoms with E-state index in [1.807, 2.05) is 0 Å². The lowest BCUT2D eigenvalue weighted by Gasteiger charge is -2.21. The average molecular weight is 468 g/mol. The molecule has 4 atom stereocenters. The molecule has 3 amide bonds. The molecule has 0 saturated carbocycles. The van der Waals surface area contributed by atoms with Crippen molar-refractivity contribution in [2.45, 2.75) is 56.8 Å². The average Bonchev–Trinajstić information content (AvgIpc) is 2.76. The predicted molar refractivity (Wildman–Crippen MR) is 119 cm³/mol. The molecule has 0 aliphatic carbocycles. The van der Waals surface area contributed by atoms with Gasteiger partial charge in [-0.05, 0) is 56.8 Å². The number of phenolic OH excluding ortho intramolecular Hbond substituents is 1. The number of carbonyl (C=O) groups is 4. The van der Waals surface area contributed by atoms with Gasteiger partial charge in [-0.25, -0.2) is 4.79 Å². The molecule has 10 N–H and O–H groups in total. The monoisotopic (exact) mass is 467 g/mol. The summed E-state index contributed by atoms with van der Waals surface area (Å²) in [7, 11) is 0. The molecule has 0 aliphatic heterocycles. The van der Waals surface area contributed by atoms with Crippen molar-refractivity contribution in [2.24, 2.45) is 11.5 Å². The van der Waals surface area contributed by atoms with Crippen molar-refractivity contribution in [3.8, 4) is 5.75 Å². The number of aliphatic hydroxyl groups excluding tert-OH is 1. The molecule has 1 rings (SSSR count). The lowest BCUT2D eigenvalue weighted by Crippen LogP contribution is -2.54. The molecule has 0 aromatic heterocycles. The first-order chi connectivity index (χ1) is 15.5. The summed E-state index contributed by atoms with van der Waals surface area (Å²) in [6.45, 7) is 1.07. The Morgan fingerprint density at radius 1 is 1.03 bits per heavy atom. The summed E-state index contributed by atoms with van der Waals surface area (Å²) < 4.78 is 0. The van der Waals surface area contributed by atoms with E-state index >= 15 is 0 Å². The highest BCUT2D eigenvalue weighted by Gasteiger charge is 2.27. The van der Waals surface area contributed by atoms with Gasteiger partial charge in [-0.1, -0.05) is 12.1 Å². The molecule has 184 valence electrons. The van der Waals surface area contributed by atoms with E-state index in [9.17, 15) is 29.4 Å². The zero-order valence-corrected chi connectivity index (χ0v) is 18.5. The first-order valence-electron chi connectivity index (χ1n) is 10.6. The first-order valence-corrected chi connectivity index (χ1v) is 10.6. The van der Waals surface area contributed by atoms with Crippen molar-refractivity contribution >= 4 is 23.7 Å². The van der Waals surface area contributed by atoms with Crippen LogP contribution in [-0.4, -0.2) is 76.3 Å². The van der Waals surface area contributed by atoms with Gasteiger partial charge in [0.15, 0.2) is 6.04 Å². The van der Waals surface area contributed by atoms with E-state index in [0.29, 0.717) is 19.4 Å². The van der Waals surface area contributed by atoms with Gasteiger partial charge in [-0.2, -0.15) is 0 Å². The number of hydrogen-bond acceptors (Lipinski definition) is 8. The number of carbonyl (C=O) groups excluding carboxylic acids is 3. The zero-order valence-electron chi connectivity index (χ0n) is 18.5. The number of unbranched alkanes of at least 4 members (excludes halogenated alkanes) is 1. The molecule has 0 bridgehead atoms. The molecule has 1 aromatic carbocycles. The van der Waals surface area contributed by atoms with Crippen molar-refractivity contribution in [3.63, 3.8) is 0 Å². The van der Waals surface area contributed by atoms with Gasteiger partial charge in [0, 0.05) is 0 Å². The number of carboxylic acid groups (broad SMARTS) is 1. The van der Waals surface area contributed by atoms with Gasteiger partial charge < -0.3 is 42.7 Å². The minimum atomic E-state index is -1.52. The molecule has 0 heterocycles. The van der Waals surface area contributed by atoms with Gasteiger partial charge in [0.25, 0.3) is 0 Å². The Kier molecular flexibility index (Phi) is 11.8. The number of nitrogens with one attached hydrogen (secondary N) is 3. The summed E-state index contributed by atoms with van der Waals surface area (Å²) in [5, 5.41) is 34.8. The number of aliphatic hydroxyl groups is 1. The number of amides is 3. The molecule has 12 nitrogen and oxygen atoms in total. The van der Waals surface area contributed by atoms with Crippen molar-refractivity contribution in [3.05, 3.63) is 29.8 Å². The van der Waals surface area contributed by atoms with Crippen LogP contribution in [0.5, 0.6) is 5.75 Å². The Labute approximate surface area is 191 Å². The maximum Gasteiger partial charge on any atom is 0.328 e. The number of hydrogen-bond donors (Lipinski definition) is 8. The van der Waals surface area contributed by atoms with Crippen LogP contribution in [-0.2, 0) is 25.6 Å². The molecule has 0 saturated heterocycles. The summed E-state index contributed by atoms with van der Waals surface area (Å²) in [4.78, 5) is 48.1. The number of nitrogens with two attached hydrogens (primary N) is 2. The van der Waals surface area contributed by atoms with Crippen LogP contribution in [0.3, 0.4) is 0 Å². The third kappa shape index (κ3) is 10.3. The van der Waals surface area contributed by atoms with E-state index in [4.69, 9.17) is 16.6 Å². The number of aromatic hydroxyl groups is 1. The maximum absolute atomic E-state index is 12.6. The van der Waals surface area contributed by atoms with Crippen LogP contribution in [0, 0.1) is 0 Å². The fourth-order valence-corrected chi connectivity index (χ4v) is 2.92. The lowest BCUT2D eigenvalue weighted by atomic mass is 10.0. The van der Waals surface area contributed by atoms with Crippen LogP contribution in [0.25, 0.3) is 0 Å². The van der Waals surface area contributed by atoms with E-state index < -0.39 is 54.5 Å². The molecule has 4 unspecified atom stereocenters. The maximum atomic E-state index is 12.6. The third-order valence-corrected chi connectivity index (χ3v) is 4.80. The van der Waals surface area contributed by atoms with Crippen molar-refractivity contribution in [1.29, 1.82) is 0 Å². The summed E-state index contributed by atoms with van der Waals surface area (Å²) in [5.41, 5.74) is 12.2. The Bertz CT molecular complexity index is 801. The summed E-state index contributed by atoms with van der Waals surface area (Å²) in [5.74, 6) is -3.36. The fourth-order valence-electron chi connectivity index (χ4n) is 2.92. The third-order valence-electron chi connectivity index (χ3n) is 4.80. The van der Waals surface area contributed by atoms with Crippen LogP contribution in [0.2, 0.25) is 0 Å². The van der Waals surface area contributed by atoms with Gasteiger partial charge >= 0.3 is 5.97 Å².